The number of aromatic nitrogens is 4. The molecule has 0 saturated carbocycles. The van der Waals surface area contributed by atoms with Crippen molar-refractivity contribution >= 4 is 60.9 Å². The topological polar surface area (TPSA) is 79.5 Å². The average Bonchev–Trinajstić information content (AvgIpc) is 3.65. The summed E-state index contributed by atoms with van der Waals surface area (Å²) in [7, 11) is 0. The summed E-state index contributed by atoms with van der Waals surface area (Å²) in [4.78, 5) is 15.1. The van der Waals surface area contributed by atoms with E-state index in [4.69, 9.17) is 20.4 Å². The Hall–Kier alpha value is -8.22. The van der Waals surface area contributed by atoms with Gasteiger partial charge in [0.1, 0.15) is 0 Å². The van der Waals surface area contributed by atoms with Crippen molar-refractivity contribution in [3.05, 3.63) is 206 Å². The van der Waals surface area contributed by atoms with E-state index in [1.54, 1.807) is 0 Å². The molecule has 0 atom stereocenters. The molecule has 0 fully saturated rings. The van der Waals surface area contributed by atoms with Crippen molar-refractivity contribution < 1.29 is 0 Å². The van der Waals surface area contributed by atoms with Gasteiger partial charge < -0.3 is 15.3 Å². The fraction of sp³-hybridized carbons (Fsp3) is 0. The molecular weight excluding hydrogens is 733 g/mol. The Bertz CT molecular complexity index is 3340. The molecule has 0 aliphatic heterocycles. The molecule has 0 saturated heterocycles. The molecule has 0 spiro atoms. The van der Waals surface area contributed by atoms with Crippen LogP contribution in [0.2, 0.25) is 0 Å². The van der Waals surface area contributed by atoms with Gasteiger partial charge in [-0.2, -0.15) is 0 Å². The van der Waals surface area contributed by atoms with E-state index in [9.17, 15) is 0 Å². The SMILES string of the molecule is N=Cc1cc2c3c4c(ccc3n(-c3cccc(-c5nc(-c6ccccc6)nc(-c6ccccc6)n5)c3)c2cc1Nc1ccccc1)c(-c1ccccc1)cc1ccccc14. The number of para-hydroxylation sites is 1. The Morgan fingerprint density at radius 2 is 1.02 bits per heavy atom. The van der Waals surface area contributed by atoms with Gasteiger partial charge >= 0.3 is 0 Å². The van der Waals surface area contributed by atoms with Crippen molar-refractivity contribution in [1.29, 1.82) is 5.41 Å². The van der Waals surface area contributed by atoms with Gasteiger partial charge in [0.25, 0.3) is 0 Å². The van der Waals surface area contributed by atoms with Crippen LogP contribution in [-0.2, 0) is 0 Å². The average molecular weight is 769 g/mol. The number of benzene rings is 9. The Labute approximate surface area is 346 Å². The van der Waals surface area contributed by atoms with Crippen LogP contribution in [0.3, 0.4) is 0 Å². The van der Waals surface area contributed by atoms with Gasteiger partial charge in [-0.25, -0.2) is 15.0 Å². The molecule has 0 amide bonds. The first-order valence-corrected chi connectivity index (χ1v) is 20.0. The largest absolute Gasteiger partial charge is 0.355 e. The molecule has 0 unspecified atom stereocenters. The molecule has 9 aromatic carbocycles. The summed E-state index contributed by atoms with van der Waals surface area (Å²) in [5.41, 5.74) is 10.7. The summed E-state index contributed by atoms with van der Waals surface area (Å²) in [5.74, 6) is 1.82. The highest BCUT2D eigenvalue weighted by atomic mass is 15.0. The van der Waals surface area contributed by atoms with Gasteiger partial charge in [-0.15, -0.1) is 0 Å². The van der Waals surface area contributed by atoms with Crippen LogP contribution in [-0.4, -0.2) is 25.7 Å². The van der Waals surface area contributed by atoms with E-state index in [1.807, 2.05) is 91.0 Å². The van der Waals surface area contributed by atoms with Gasteiger partial charge in [0.15, 0.2) is 17.5 Å². The van der Waals surface area contributed by atoms with E-state index < -0.39 is 0 Å². The summed E-state index contributed by atoms with van der Waals surface area (Å²) in [6, 6.07) is 69.3. The normalized spacial score (nSPS) is 11.4. The second-order valence-electron chi connectivity index (χ2n) is 14.9. The lowest BCUT2D eigenvalue weighted by Crippen LogP contribution is -2.01. The summed E-state index contributed by atoms with van der Waals surface area (Å²) in [6.45, 7) is 0. The van der Waals surface area contributed by atoms with Crippen molar-refractivity contribution in [3.63, 3.8) is 0 Å². The molecule has 2 heterocycles. The maximum Gasteiger partial charge on any atom is 0.164 e. The van der Waals surface area contributed by atoms with Gasteiger partial charge in [-0.3, -0.25) is 0 Å². The van der Waals surface area contributed by atoms with Crippen LogP contribution in [0.1, 0.15) is 5.56 Å². The van der Waals surface area contributed by atoms with E-state index >= 15 is 0 Å². The predicted molar refractivity (Wildman–Crippen MR) is 249 cm³/mol. The van der Waals surface area contributed by atoms with Crippen molar-refractivity contribution in [1.82, 2.24) is 19.5 Å². The first kappa shape index (κ1) is 35.0. The molecule has 2 aromatic heterocycles. The molecule has 0 bridgehead atoms. The number of rotatable bonds is 8. The maximum absolute atomic E-state index is 8.64. The standard InChI is InChI=1S/C54H36N6/c55-34-40-32-46-49(33-47(40)56-41-24-11-4-12-25-41)60(48-29-28-44-45(35-16-5-1-6-17-35)31-38-22-13-14-27-43(38)50(44)51(46)48)42-26-15-23-39(30-42)54-58-52(36-18-7-2-8-19-36)57-53(59-54)37-20-9-3-10-21-37/h1-34,55-56H. The summed E-state index contributed by atoms with van der Waals surface area (Å²) >= 11 is 0. The molecule has 11 rings (SSSR count). The number of fused-ring (bicyclic) bond motifs is 7. The molecule has 0 aliphatic carbocycles. The zero-order valence-corrected chi connectivity index (χ0v) is 32.4. The van der Waals surface area contributed by atoms with E-state index in [2.05, 4.69) is 119 Å². The molecular formula is C54H36N6. The maximum atomic E-state index is 8.64. The predicted octanol–water partition coefficient (Wildman–Crippen LogP) is 13.7. The van der Waals surface area contributed by atoms with Crippen molar-refractivity contribution in [2.24, 2.45) is 0 Å². The van der Waals surface area contributed by atoms with E-state index in [-0.39, 0.29) is 0 Å². The number of hydrogen-bond donors (Lipinski definition) is 2. The van der Waals surface area contributed by atoms with Crippen LogP contribution in [0.4, 0.5) is 11.4 Å². The van der Waals surface area contributed by atoms with E-state index in [0.29, 0.717) is 17.5 Å². The third kappa shape index (κ3) is 6.06. The second kappa shape index (κ2) is 14.6. The number of anilines is 2. The fourth-order valence-corrected chi connectivity index (χ4v) is 8.52. The molecule has 6 heteroatoms. The summed E-state index contributed by atoms with van der Waals surface area (Å²) < 4.78 is 2.35. The Kier molecular flexibility index (Phi) is 8.52. The second-order valence-corrected chi connectivity index (χ2v) is 14.9. The molecule has 0 radical (unpaired) electrons. The Morgan fingerprint density at radius 3 is 1.68 bits per heavy atom. The first-order chi connectivity index (χ1) is 29.7. The zero-order valence-electron chi connectivity index (χ0n) is 32.4. The van der Waals surface area contributed by atoms with Crippen LogP contribution in [0.5, 0.6) is 0 Å². The van der Waals surface area contributed by atoms with Gasteiger partial charge in [0.2, 0.25) is 0 Å². The molecule has 11 aromatic rings. The Morgan fingerprint density at radius 1 is 0.433 bits per heavy atom. The summed E-state index contributed by atoms with van der Waals surface area (Å²) in [5, 5.41) is 19.2. The zero-order chi connectivity index (χ0) is 40.0. The van der Waals surface area contributed by atoms with E-state index in [1.165, 1.54) is 38.9 Å². The number of nitrogens with zero attached hydrogens (tertiary/aromatic N) is 4. The Balaban J connectivity index is 1.21. The van der Waals surface area contributed by atoms with Crippen LogP contribution in [0.25, 0.3) is 94.3 Å². The highest BCUT2D eigenvalue weighted by Crippen LogP contribution is 2.45. The van der Waals surface area contributed by atoms with Crippen LogP contribution < -0.4 is 5.32 Å². The van der Waals surface area contributed by atoms with Crippen LogP contribution in [0, 0.1) is 5.41 Å². The molecule has 0 aliphatic rings. The molecule has 282 valence electrons. The van der Waals surface area contributed by atoms with Gasteiger partial charge in [-0.1, -0.05) is 152 Å². The molecule has 2 N–H and O–H groups in total. The minimum Gasteiger partial charge on any atom is -0.355 e. The number of hydrogen-bond acceptors (Lipinski definition) is 5. The lowest BCUT2D eigenvalue weighted by Gasteiger charge is -2.14. The highest BCUT2D eigenvalue weighted by Gasteiger charge is 2.21. The molecule has 60 heavy (non-hydrogen) atoms. The smallest absolute Gasteiger partial charge is 0.164 e. The minimum absolute atomic E-state index is 0.590. The van der Waals surface area contributed by atoms with E-state index in [0.717, 1.165) is 61.1 Å². The van der Waals surface area contributed by atoms with Crippen LogP contribution >= 0.6 is 0 Å². The quantitative estimate of drug-likeness (QED) is 0.119. The van der Waals surface area contributed by atoms with Gasteiger partial charge in [-0.05, 0) is 75.8 Å². The third-order valence-electron chi connectivity index (χ3n) is 11.3. The van der Waals surface area contributed by atoms with Crippen LogP contribution in [0.15, 0.2) is 200 Å². The van der Waals surface area contributed by atoms with Gasteiger partial charge in [0, 0.05) is 61.7 Å². The first-order valence-electron chi connectivity index (χ1n) is 20.0. The lowest BCUT2D eigenvalue weighted by atomic mass is 9.91. The lowest BCUT2D eigenvalue weighted by molar-refractivity contribution is 1.07. The van der Waals surface area contributed by atoms with Crippen molar-refractivity contribution in [3.8, 4) is 51.0 Å². The van der Waals surface area contributed by atoms with Crippen molar-refractivity contribution in [2.75, 3.05) is 5.32 Å². The fourth-order valence-electron chi connectivity index (χ4n) is 8.52. The molecule has 6 nitrogen and oxygen atoms in total. The van der Waals surface area contributed by atoms with Crippen molar-refractivity contribution in [2.45, 2.75) is 0 Å². The monoisotopic (exact) mass is 768 g/mol. The van der Waals surface area contributed by atoms with Gasteiger partial charge in [0.05, 0.1) is 11.0 Å². The highest BCUT2D eigenvalue weighted by molar-refractivity contribution is 6.31. The number of nitrogens with one attached hydrogen (secondary N) is 2. The summed E-state index contributed by atoms with van der Waals surface area (Å²) in [6.07, 6.45) is 1.45. The third-order valence-corrected chi connectivity index (χ3v) is 11.3. The minimum atomic E-state index is 0.590.